The molecular weight excluding hydrogens is 382 g/mol. The van der Waals surface area contributed by atoms with Gasteiger partial charge in [0, 0.05) is 38.8 Å². The van der Waals surface area contributed by atoms with Gasteiger partial charge in [0.25, 0.3) is 5.91 Å². The number of benzene rings is 1. The smallest absolute Gasteiger partial charge is 0.253 e. The second-order valence-corrected chi connectivity index (χ2v) is 8.18. The molecule has 0 atom stereocenters. The predicted molar refractivity (Wildman–Crippen MR) is 116 cm³/mol. The molecule has 1 amide bonds. The molecular formula is C23H33N3O4. The quantitative estimate of drug-likeness (QED) is 0.679. The van der Waals surface area contributed by atoms with Gasteiger partial charge in [-0.1, -0.05) is 6.07 Å². The number of aliphatic hydroxyl groups is 1. The molecule has 0 unspecified atom stereocenters. The Labute approximate surface area is 178 Å². The van der Waals surface area contributed by atoms with Crippen molar-refractivity contribution in [3.8, 4) is 5.75 Å². The van der Waals surface area contributed by atoms with E-state index < -0.39 is 0 Å². The first-order valence-electron chi connectivity index (χ1n) is 10.5. The molecule has 0 spiro atoms. The Bertz CT molecular complexity index is 812. The van der Waals surface area contributed by atoms with Crippen LogP contribution in [0.4, 0.5) is 0 Å². The summed E-state index contributed by atoms with van der Waals surface area (Å²) in [7, 11) is 5.83. The molecule has 1 N–H and O–H groups in total. The zero-order valence-electron chi connectivity index (χ0n) is 18.2. The van der Waals surface area contributed by atoms with Crippen molar-refractivity contribution in [3.63, 3.8) is 0 Å². The molecule has 1 aliphatic rings. The van der Waals surface area contributed by atoms with Gasteiger partial charge in [0.2, 0.25) is 0 Å². The first-order valence-corrected chi connectivity index (χ1v) is 10.5. The number of hydrogen-bond donors (Lipinski definition) is 1. The van der Waals surface area contributed by atoms with Crippen molar-refractivity contribution in [2.75, 3.05) is 47.3 Å². The minimum Gasteiger partial charge on any atom is -0.490 e. The number of likely N-dealkylation sites (N-methyl/N-ethyl adjacent to an activating group) is 2. The van der Waals surface area contributed by atoms with Crippen molar-refractivity contribution in [1.82, 2.24) is 14.7 Å². The zero-order chi connectivity index (χ0) is 21.5. The fourth-order valence-electron chi connectivity index (χ4n) is 3.56. The lowest BCUT2D eigenvalue weighted by atomic mass is 10.1. The SMILES string of the molecule is CN(C)CCN(C)C(=O)c1cccc(OC2CCN(Cc3ccc(CO)o3)CC2)c1. The van der Waals surface area contributed by atoms with E-state index in [0.29, 0.717) is 17.9 Å². The van der Waals surface area contributed by atoms with Gasteiger partial charge in [-0.25, -0.2) is 0 Å². The van der Waals surface area contributed by atoms with Crippen molar-refractivity contribution in [3.05, 3.63) is 53.5 Å². The molecule has 1 aliphatic heterocycles. The number of piperidine rings is 1. The van der Waals surface area contributed by atoms with Crippen LogP contribution in [0.15, 0.2) is 40.8 Å². The topological polar surface area (TPSA) is 69.4 Å². The van der Waals surface area contributed by atoms with Crippen LogP contribution in [0.3, 0.4) is 0 Å². The average molecular weight is 416 g/mol. The van der Waals surface area contributed by atoms with Crippen LogP contribution in [0.25, 0.3) is 0 Å². The molecule has 0 radical (unpaired) electrons. The minimum absolute atomic E-state index is 0.0119. The van der Waals surface area contributed by atoms with Gasteiger partial charge in [-0.15, -0.1) is 0 Å². The van der Waals surface area contributed by atoms with Gasteiger partial charge in [0.05, 0.1) is 6.54 Å². The van der Waals surface area contributed by atoms with Gasteiger partial charge in [0.1, 0.15) is 30.0 Å². The van der Waals surface area contributed by atoms with Crippen molar-refractivity contribution in [2.45, 2.75) is 32.1 Å². The summed E-state index contributed by atoms with van der Waals surface area (Å²) in [6.45, 7) is 4.04. The highest BCUT2D eigenvalue weighted by Gasteiger charge is 2.22. The Hall–Kier alpha value is -2.35. The molecule has 0 aliphatic carbocycles. The second kappa shape index (κ2) is 10.6. The number of aliphatic hydroxyl groups excluding tert-OH is 1. The Morgan fingerprint density at radius 3 is 2.53 bits per heavy atom. The van der Waals surface area contributed by atoms with E-state index in [0.717, 1.165) is 50.5 Å². The number of furan rings is 1. The van der Waals surface area contributed by atoms with E-state index in [1.165, 1.54) is 0 Å². The van der Waals surface area contributed by atoms with Crippen molar-refractivity contribution in [1.29, 1.82) is 0 Å². The molecule has 1 fully saturated rings. The summed E-state index contributed by atoms with van der Waals surface area (Å²) in [5.74, 6) is 2.24. The van der Waals surface area contributed by atoms with Crippen LogP contribution in [0, 0.1) is 0 Å². The van der Waals surface area contributed by atoms with Crippen LogP contribution in [0.2, 0.25) is 0 Å². The van der Waals surface area contributed by atoms with Gasteiger partial charge in [-0.3, -0.25) is 9.69 Å². The van der Waals surface area contributed by atoms with Crippen molar-refractivity contribution in [2.24, 2.45) is 0 Å². The van der Waals surface area contributed by atoms with E-state index in [-0.39, 0.29) is 18.6 Å². The zero-order valence-corrected chi connectivity index (χ0v) is 18.2. The monoisotopic (exact) mass is 415 g/mol. The third-order valence-electron chi connectivity index (χ3n) is 5.40. The van der Waals surface area contributed by atoms with Crippen LogP contribution in [-0.4, -0.2) is 79.1 Å². The van der Waals surface area contributed by atoms with Crippen LogP contribution in [0.1, 0.15) is 34.7 Å². The summed E-state index contributed by atoms with van der Waals surface area (Å²) < 4.78 is 11.8. The van der Waals surface area contributed by atoms with E-state index in [2.05, 4.69) is 9.80 Å². The Morgan fingerprint density at radius 2 is 1.87 bits per heavy atom. The van der Waals surface area contributed by atoms with Crippen molar-refractivity contribution < 1.29 is 19.1 Å². The number of likely N-dealkylation sites (tertiary alicyclic amines) is 1. The van der Waals surface area contributed by atoms with Crippen LogP contribution < -0.4 is 4.74 Å². The van der Waals surface area contributed by atoms with Crippen LogP contribution in [-0.2, 0) is 13.2 Å². The Balaban J connectivity index is 1.49. The standard InChI is InChI=1S/C23H33N3O4/c1-24(2)13-14-25(3)23(28)18-5-4-6-20(15-18)29-19-9-11-26(12-10-19)16-21-7-8-22(17-27)30-21/h4-8,15,19,27H,9-14,16-17H2,1-3H3. The van der Waals surface area contributed by atoms with Crippen molar-refractivity contribution >= 4 is 5.91 Å². The van der Waals surface area contributed by atoms with Gasteiger partial charge >= 0.3 is 0 Å². The Kier molecular flexibility index (Phi) is 7.90. The molecule has 2 heterocycles. The summed E-state index contributed by atoms with van der Waals surface area (Å²) in [5, 5.41) is 9.11. The molecule has 1 aromatic carbocycles. The molecule has 164 valence electrons. The molecule has 1 saturated heterocycles. The van der Waals surface area contributed by atoms with Crippen LogP contribution >= 0.6 is 0 Å². The highest BCUT2D eigenvalue weighted by molar-refractivity contribution is 5.94. The number of carbonyl (C=O) groups is 1. The van der Waals surface area contributed by atoms with E-state index in [1.54, 1.807) is 4.90 Å². The number of hydrogen-bond acceptors (Lipinski definition) is 6. The van der Waals surface area contributed by atoms with Gasteiger partial charge < -0.3 is 24.1 Å². The maximum absolute atomic E-state index is 12.7. The Morgan fingerprint density at radius 1 is 1.13 bits per heavy atom. The highest BCUT2D eigenvalue weighted by Crippen LogP contribution is 2.22. The average Bonchev–Trinajstić information content (AvgIpc) is 3.20. The fourth-order valence-corrected chi connectivity index (χ4v) is 3.56. The first kappa shape index (κ1) is 22.3. The molecule has 0 bridgehead atoms. The largest absolute Gasteiger partial charge is 0.490 e. The van der Waals surface area contributed by atoms with E-state index in [4.69, 9.17) is 14.3 Å². The lowest BCUT2D eigenvalue weighted by molar-refractivity contribution is 0.0782. The lowest BCUT2D eigenvalue weighted by Gasteiger charge is -2.31. The van der Waals surface area contributed by atoms with E-state index in [1.807, 2.05) is 57.5 Å². The summed E-state index contributed by atoms with van der Waals surface area (Å²) >= 11 is 0. The summed E-state index contributed by atoms with van der Waals surface area (Å²) in [5.41, 5.74) is 0.656. The molecule has 30 heavy (non-hydrogen) atoms. The maximum atomic E-state index is 12.7. The summed E-state index contributed by atoms with van der Waals surface area (Å²) in [4.78, 5) is 18.8. The predicted octanol–water partition coefficient (Wildman–Crippen LogP) is 2.45. The number of nitrogens with zero attached hydrogens (tertiary/aromatic N) is 3. The molecule has 7 nitrogen and oxygen atoms in total. The van der Waals surface area contributed by atoms with Gasteiger partial charge in [-0.05, 0) is 57.3 Å². The number of amides is 1. The molecule has 0 saturated carbocycles. The molecule has 2 aromatic rings. The summed E-state index contributed by atoms with van der Waals surface area (Å²) in [6, 6.07) is 11.2. The maximum Gasteiger partial charge on any atom is 0.253 e. The van der Waals surface area contributed by atoms with Gasteiger partial charge in [0.15, 0.2) is 0 Å². The number of rotatable bonds is 9. The van der Waals surface area contributed by atoms with E-state index >= 15 is 0 Å². The fraction of sp³-hybridized carbons (Fsp3) is 0.522. The van der Waals surface area contributed by atoms with Gasteiger partial charge in [-0.2, -0.15) is 0 Å². The van der Waals surface area contributed by atoms with E-state index in [9.17, 15) is 4.79 Å². The normalized spacial score (nSPS) is 15.5. The van der Waals surface area contributed by atoms with Crippen LogP contribution in [0.5, 0.6) is 5.75 Å². The third-order valence-corrected chi connectivity index (χ3v) is 5.40. The second-order valence-electron chi connectivity index (χ2n) is 8.18. The number of ether oxygens (including phenoxy) is 1. The molecule has 7 heteroatoms. The third kappa shape index (κ3) is 6.32. The number of carbonyl (C=O) groups excluding carboxylic acids is 1. The lowest BCUT2D eigenvalue weighted by Crippen LogP contribution is -2.37. The first-order chi connectivity index (χ1) is 14.4. The molecule has 3 rings (SSSR count). The minimum atomic E-state index is -0.0665. The summed E-state index contributed by atoms with van der Waals surface area (Å²) in [6.07, 6.45) is 1.99. The highest BCUT2D eigenvalue weighted by atomic mass is 16.5. The molecule has 1 aromatic heterocycles.